The molecule has 0 aliphatic carbocycles. The van der Waals surface area contributed by atoms with Gasteiger partial charge in [-0.05, 0) is 40.2 Å². The number of carbonyl (C=O) groups excluding carboxylic acids is 1. The Balaban J connectivity index is 2.31. The smallest absolute Gasteiger partial charge is 0.259 e. The molecule has 0 unspecified atom stereocenters. The molecule has 2 aromatic rings. The zero-order chi connectivity index (χ0) is 13.8. The lowest BCUT2D eigenvalue weighted by Crippen LogP contribution is -2.15. The quantitative estimate of drug-likeness (QED) is 0.931. The number of ether oxygens (including phenoxy) is 1. The molecule has 2 rings (SSSR count). The summed E-state index contributed by atoms with van der Waals surface area (Å²) in [5.74, 6) is -0.598. The minimum absolute atomic E-state index is 0.0339. The monoisotopic (exact) mass is 323 g/mol. The molecule has 0 atom stereocenters. The largest absolute Gasteiger partial charge is 0.495 e. The summed E-state index contributed by atoms with van der Waals surface area (Å²) >= 11 is 3.16. The third-order valence-electron chi connectivity index (χ3n) is 2.54. The summed E-state index contributed by atoms with van der Waals surface area (Å²) in [7, 11) is 1.50. The zero-order valence-electron chi connectivity index (χ0n) is 10.1. The maximum absolute atomic E-state index is 13.7. The first-order valence-corrected chi connectivity index (χ1v) is 6.31. The van der Waals surface area contributed by atoms with Crippen LogP contribution in [0.15, 0.2) is 46.9 Å². The second-order valence-corrected chi connectivity index (χ2v) is 4.61. The predicted octanol–water partition coefficient (Wildman–Crippen LogP) is 3.85. The van der Waals surface area contributed by atoms with Crippen LogP contribution in [0.3, 0.4) is 0 Å². The van der Waals surface area contributed by atoms with Crippen LogP contribution in [0.25, 0.3) is 0 Å². The molecule has 0 bridgehead atoms. The standard InChI is InChI=1S/C14H11BrFNO2/c1-19-12-8-3-2-7-11(12)17-14(18)13-9(15)5-4-6-10(13)16/h2-8H,1H3,(H,17,18). The molecule has 2 aromatic carbocycles. The first-order valence-electron chi connectivity index (χ1n) is 5.52. The fraction of sp³-hybridized carbons (Fsp3) is 0.0714. The highest BCUT2D eigenvalue weighted by Gasteiger charge is 2.16. The Kier molecular flexibility index (Phi) is 4.16. The molecule has 98 valence electrons. The number of halogens is 2. The number of carbonyl (C=O) groups is 1. The van der Waals surface area contributed by atoms with E-state index >= 15 is 0 Å². The molecule has 0 radical (unpaired) electrons. The van der Waals surface area contributed by atoms with E-state index in [2.05, 4.69) is 21.2 Å². The van der Waals surface area contributed by atoms with Gasteiger partial charge in [-0.2, -0.15) is 0 Å². The first-order chi connectivity index (χ1) is 9.13. The molecule has 0 heterocycles. The molecule has 0 saturated carbocycles. The van der Waals surface area contributed by atoms with Crippen LogP contribution < -0.4 is 10.1 Å². The maximum atomic E-state index is 13.7. The van der Waals surface area contributed by atoms with E-state index in [1.54, 1.807) is 30.3 Å². The Morgan fingerprint density at radius 1 is 1.21 bits per heavy atom. The van der Waals surface area contributed by atoms with E-state index in [4.69, 9.17) is 4.74 Å². The van der Waals surface area contributed by atoms with E-state index in [0.717, 1.165) is 0 Å². The SMILES string of the molecule is COc1ccccc1NC(=O)c1c(F)cccc1Br. The summed E-state index contributed by atoms with van der Waals surface area (Å²) in [6, 6.07) is 11.3. The molecule has 0 saturated heterocycles. The molecule has 0 spiro atoms. The molecule has 0 aliphatic rings. The summed E-state index contributed by atoms with van der Waals surface area (Å²) in [6.07, 6.45) is 0. The van der Waals surface area contributed by atoms with Crippen molar-refractivity contribution in [3.63, 3.8) is 0 Å². The van der Waals surface area contributed by atoms with Crippen LogP contribution in [-0.2, 0) is 0 Å². The van der Waals surface area contributed by atoms with Crippen LogP contribution in [0.1, 0.15) is 10.4 Å². The highest BCUT2D eigenvalue weighted by Crippen LogP contribution is 2.26. The molecule has 0 aliphatic heterocycles. The fourth-order valence-corrected chi connectivity index (χ4v) is 2.17. The molecule has 1 N–H and O–H groups in total. The highest BCUT2D eigenvalue weighted by molar-refractivity contribution is 9.10. The van der Waals surface area contributed by atoms with Gasteiger partial charge in [0.15, 0.2) is 0 Å². The third kappa shape index (κ3) is 2.93. The number of methoxy groups -OCH3 is 1. The van der Waals surface area contributed by atoms with Crippen molar-refractivity contribution in [2.45, 2.75) is 0 Å². The number of rotatable bonds is 3. The van der Waals surface area contributed by atoms with Crippen molar-refractivity contribution >= 4 is 27.5 Å². The Hall–Kier alpha value is -1.88. The molecule has 0 aromatic heterocycles. The van der Waals surface area contributed by atoms with Gasteiger partial charge >= 0.3 is 0 Å². The van der Waals surface area contributed by atoms with Gasteiger partial charge < -0.3 is 10.1 Å². The molecule has 0 fully saturated rings. The van der Waals surface area contributed by atoms with Gasteiger partial charge in [0.1, 0.15) is 11.6 Å². The number of benzene rings is 2. The Morgan fingerprint density at radius 2 is 1.95 bits per heavy atom. The van der Waals surface area contributed by atoms with Crippen molar-refractivity contribution in [2.75, 3.05) is 12.4 Å². The van der Waals surface area contributed by atoms with Crippen molar-refractivity contribution < 1.29 is 13.9 Å². The van der Waals surface area contributed by atoms with Gasteiger partial charge in [-0.15, -0.1) is 0 Å². The first kappa shape index (κ1) is 13.5. The van der Waals surface area contributed by atoms with Gasteiger partial charge in [0.25, 0.3) is 5.91 Å². The molecule has 19 heavy (non-hydrogen) atoms. The van der Waals surface area contributed by atoms with Gasteiger partial charge in [-0.3, -0.25) is 4.79 Å². The van der Waals surface area contributed by atoms with Gasteiger partial charge in [0.2, 0.25) is 0 Å². The number of amides is 1. The fourth-order valence-electron chi connectivity index (χ4n) is 1.65. The normalized spacial score (nSPS) is 10.1. The van der Waals surface area contributed by atoms with E-state index in [1.165, 1.54) is 19.2 Å². The van der Waals surface area contributed by atoms with Crippen LogP contribution >= 0.6 is 15.9 Å². The van der Waals surface area contributed by atoms with E-state index in [9.17, 15) is 9.18 Å². The van der Waals surface area contributed by atoms with Crippen LogP contribution in [0.4, 0.5) is 10.1 Å². The number of hydrogen-bond donors (Lipinski definition) is 1. The van der Waals surface area contributed by atoms with Gasteiger partial charge in [0.05, 0.1) is 18.4 Å². The molecule has 5 heteroatoms. The number of para-hydroxylation sites is 2. The topological polar surface area (TPSA) is 38.3 Å². The molecular weight excluding hydrogens is 313 g/mol. The Bertz CT molecular complexity index is 596. The Labute approximate surface area is 118 Å². The second-order valence-electron chi connectivity index (χ2n) is 3.75. The summed E-state index contributed by atoms with van der Waals surface area (Å²) < 4.78 is 19.2. The predicted molar refractivity (Wildman–Crippen MR) is 75.0 cm³/mol. The van der Waals surface area contributed by atoms with Crippen molar-refractivity contribution in [2.24, 2.45) is 0 Å². The highest BCUT2D eigenvalue weighted by atomic mass is 79.9. The molecule has 1 amide bonds. The van der Waals surface area contributed by atoms with Crippen molar-refractivity contribution in [3.05, 3.63) is 58.3 Å². The molecule has 3 nitrogen and oxygen atoms in total. The lowest BCUT2D eigenvalue weighted by molar-refractivity contribution is 0.102. The summed E-state index contributed by atoms with van der Waals surface area (Å²) in [4.78, 5) is 12.1. The lowest BCUT2D eigenvalue weighted by Gasteiger charge is -2.11. The summed E-state index contributed by atoms with van der Waals surface area (Å²) in [5.41, 5.74) is 0.457. The lowest BCUT2D eigenvalue weighted by atomic mass is 10.2. The number of hydrogen-bond acceptors (Lipinski definition) is 2. The summed E-state index contributed by atoms with van der Waals surface area (Å²) in [5, 5.41) is 2.63. The van der Waals surface area contributed by atoms with Crippen molar-refractivity contribution in [3.8, 4) is 5.75 Å². The van der Waals surface area contributed by atoms with E-state index in [1.807, 2.05) is 0 Å². The number of nitrogens with one attached hydrogen (secondary N) is 1. The van der Waals surface area contributed by atoms with Gasteiger partial charge in [-0.1, -0.05) is 18.2 Å². The molecular formula is C14H11BrFNO2. The van der Waals surface area contributed by atoms with Crippen LogP contribution in [-0.4, -0.2) is 13.0 Å². The maximum Gasteiger partial charge on any atom is 0.259 e. The van der Waals surface area contributed by atoms with Crippen molar-refractivity contribution in [1.82, 2.24) is 0 Å². The van der Waals surface area contributed by atoms with Crippen LogP contribution in [0, 0.1) is 5.82 Å². The average molecular weight is 324 g/mol. The van der Waals surface area contributed by atoms with E-state index < -0.39 is 11.7 Å². The Morgan fingerprint density at radius 3 is 2.63 bits per heavy atom. The number of anilines is 1. The van der Waals surface area contributed by atoms with Crippen molar-refractivity contribution in [1.29, 1.82) is 0 Å². The van der Waals surface area contributed by atoms with Crippen LogP contribution in [0.2, 0.25) is 0 Å². The van der Waals surface area contributed by atoms with E-state index in [-0.39, 0.29) is 5.56 Å². The zero-order valence-corrected chi connectivity index (χ0v) is 11.7. The summed E-state index contributed by atoms with van der Waals surface area (Å²) in [6.45, 7) is 0. The van der Waals surface area contributed by atoms with Gasteiger partial charge in [0, 0.05) is 4.47 Å². The second kappa shape index (κ2) is 5.84. The van der Waals surface area contributed by atoms with Gasteiger partial charge in [-0.25, -0.2) is 4.39 Å². The van der Waals surface area contributed by atoms with Crippen LogP contribution in [0.5, 0.6) is 5.75 Å². The van der Waals surface area contributed by atoms with E-state index in [0.29, 0.717) is 15.9 Å². The minimum Gasteiger partial charge on any atom is -0.495 e. The minimum atomic E-state index is -0.582. The third-order valence-corrected chi connectivity index (χ3v) is 3.21. The average Bonchev–Trinajstić information content (AvgIpc) is 2.39.